The maximum atomic E-state index is 11.0. The summed E-state index contributed by atoms with van der Waals surface area (Å²) in [7, 11) is 0. The Morgan fingerprint density at radius 3 is 2.74 bits per heavy atom. The highest BCUT2D eigenvalue weighted by atomic mass is 35.5. The number of hydrogen-bond donors (Lipinski definition) is 1. The standard InChI is InChI=1S/C14H17ClN2O2/c15-13-4-2-1-3-10(13)5-6-16-8-12-7-11(16)9-17(12)14(18)19/h1-4,11-12H,5-9H2,(H,18,19). The van der Waals surface area contributed by atoms with Crippen molar-refractivity contribution in [3.05, 3.63) is 34.9 Å². The Morgan fingerprint density at radius 1 is 1.32 bits per heavy atom. The van der Waals surface area contributed by atoms with Crippen molar-refractivity contribution in [1.29, 1.82) is 0 Å². The van der Waals surface area contributed by atoms with Crippen molar-refractivity contribution in [2.45, 2.75) is 24.9 Å². The molecule has 2 aliphatic rings. The van der Waals surface area contributed by atoms with E-state index in [0.717, 1.165) is 31.0 Å². The molecule has 0 aliphatic carbocycles. The van der Waals surface area contributed by atoms with Crippen LogP contribution in [-0.4, -0.2) is 52.7 Å². The molecule has 0 saturated carbocycles. The summed E-state index contributed by atoms with van der Waals surface area (Å²) in [6.45, 7) is 2.47. The Balaban J connectivity index is 1.57. The molecule has 5 heteroatoms. The van der Waals surface area contributed by atoms with E-state index in [-0.39, 0.29) is 6.04 Å². The number of nitrogens with zero attached hydrogens (tertiary/aromatic N) is 2. The quantitative estimate of drug-likeness (QED) is 0.924. The number of amides is 1. The molecule has 1 aromatic carbocycles. The molecule has 0 radical (unpaired) electrons. The van der Waals surface area contributed by atoms with Gasteiger partial charge in [0.15, 0.2) is 0 Å². The fourth-order valence-corrected chi connectivity index (χ4v) is 3.45. The van der Waals surface area contributed by atoms with Crippen molar-refractivity contribution in [2.75, 3.05) is 19.6 Å². The van der Waals surface area contributed by atoms with Crippen LogP contribution in [0.3, 0.4) is 0 Å². The fourth-order valence-electron chi connectivity index (χ4n) is 3.22. The minimum Gasteiger partial charge on any atom is -0.465 e. The predicted octanol–water partition coefficient (Wildman–Crippen LogP) is 2.32. The number of rotatable bonds is 3. The van der Waals surface area contributed by atoms with Gasteiger partial charge >= 0.3 is 6.09 Å². The molecule has 2 fully saturated rings. The first kappa shape index (κ1) is 12.8. The SMILES string of the molecule is O=C(O)N1CC2CC1CN2CCc1ccccc1Cl. The van der Waals surface area contributed by atoms with Gasteiger partial charge < -0.3 is 10.0 Å². The Morgan fingerprint density at radius 2 is 2.11 bits per heavy atom. The lowest BCUT2D eigenvalue weighted by Crippen LogP contribution is -2.48. The second-order valence-corrected chi connectivity index (χ2v) is 5.72. The third-order valence-corrected chi connectivity index (χ3v) is 4.59. The van der Waals surface area contributed by atoms with Crippen LogP contribution in [0.25, 0.3) is 0 Å². The van der Waals surface area contributed by atoms with Crippen molar-refractivity contribution >= 4 is 17.7 Å². The molecule has 1 amide bonds. The molecule has 4 nitrogen and oxygen atoms in total. The van der Waals surface area contributed by atoms with E-state index in [1.54, 1.807) is 4.90 Å². The predicted molar refractivity (Wildman–Crippen MR) is 73.7 cm³/mol. The minimum absolute atomic E-state index is 0.189. The molecule has 1 N–H and O–H groups in total. The molecule has 2 heterocycles. The number of carboxylic acid groups (broad SMARTS) is 1. The molecule has 2 atom stereocenters. The highest BCUT2D eigenvalue weighted by molar-refractivity contribution is 6.31. The summed E-state index contributed by atoms with van der Waals surface area (Å²) in [6.07, 6.45) is 1.13. The molecule has 2 aliphatic heterocycles. The highest BCUT2D eigenvalue weighted by Gasteiger charge is 2.44. The third kappa shape index (κ3) is 2.42. The number of carbonyl (C=O) groups is 1. The lowest BCUT2D eigenvalue weighted by molar-refractivity contribution is 0.103. The van der Waals surface area contributed by atoms with Gasteiger partial charge in [0.05, 0.1) is 0 Å². The summed E-state index contributed by atoms with van der Waals surface area (Å²) in [4.78, 5) is 15.0. The minimum atomic E-state index is -0.779. The van der Waals surface area contributed by atoms with Gasteiger partial charge in [-0.1, -0.05) is 29.8 Å². The molecule has 19 heavy (non-hydrogen) atoms. The molecule has 3 rings (SSSR count). The summed E-state index contributed by atoms with van der Waals surface area (Å²) in [5.41, 5.74) is 1.17. The number of benzene rings is 1. The van der Waals surface area contributed by atoms with Crippen LogP contribution in [0, 0.1) is 0 Å². The molecule has 0 aromatic heterocycles. The molecule has 2 unspecified atom stereocenters. The van der Waals surface area contributed by atoms with Crippen molar-refractivity contribution in [1.82, 2.24) is 9.80 Å². The Bertz CT molecular complexity index is 494. The van der Waals surface area contributed by atoms with E-state index >= 15 is 0 Å². The van der Waals surface area contributed by atoms with Crippen LogP contribution >= 0.6 is 11.6 Å². The molecular weight excluding hydrogens is 264 g/mol. The summed E-state index contributed by atoms with van der Waals surface area (Å²) in [5.74, 6) is 0. The van der Waals surface area contributed by atoms with Crippen LogP contribution in [0.5, 0.6) is 0 Å². The van der Waals surface area contributed by atoms with Gasteiger partial charge in [0, 0.05) is 36.7 Å². The normalized spacial score (nSPS) is 26.1. The second kappa shape index (κ2) is 5.02. The molecule has 102 valence electrons. The van der Waals surface area contributed by atoms with Gasteiger partial charge in [-0.15, -0.1) is 0 Å². The number of piperazine rings is 1. The van der Waals surface area contributed by atoms with Crippen molar-refractivity contribution in [3.63, 3.8) is 0 Å². The van der Waals surface area contributed by atoms with Crippen molar-refractivity contribution < 1.29 is 9.90 Å². The Kier molecular flexibility index (Phi) is 3.37. The largest absolute Gasteiger partial charge is 0.465 e. The number of likely N-dealkylation sites (tertiary alicyclic amines) is 2. The lowest BCUT2D eigenvalue weighted by atomic mass is 10.1. The Labute approximate surface area is 117 Å². The van der Waals surface area contributed by atoms with Crippen molar-refractivity contribution in [2.24, 2.45) is 0 Å². The van der Waals surface area contributed by atoms with Crippen LogP contribution in [0.2, 0.25) is 5.02 Å². The zero-order valence-electron chi connectivity index (χ0n) is 10.6. The van der Waals surface area contributed by atoms with Gasteiger partial charge in [-0.25, -0.2) is 4.79 Å². The molecule has 0 spiro atoms. The number of hydrogen-bond acceptors (Lipinski definition) is 2. The van der Waals surface area contributed by atoms with E-state index in [1.165, 1.54) is 5.56 Å². The van der Waals surface area contributed by atoms with E-state index in [2.05, 4.69) is 11.0 Å². The molecule has 2 saturated heterocycles. The first-order chi connectivity index (χ1) is 9.15. The van der Waals surface area contributed by atoms with Crippen LogP contribution in [0.4, 0.5) is 4.79 Å². The number of fused-ring (bicyclic) bond motifs is 2. The first-order valence-corrected chi connectivity index (χ1v) is 7.00. The van der Waals surface area contributed by atoms with E-state index in [9.17, 15) is 4.79 Å². The monoisotopic (exact) mass is 280 g/mol. The smallest absolute Gasteiger partial charge is 0.407 e. The van der Waals surface area contributed by atoms with Crippen LogP contribution in [0.15, 0.2) is 24.3 Å². The van der Waals surface area contributed by atoms with Crippen molar-refractivity contribution in [3.8, 4) is 0 Å². The zero-order valence-corrected chi connectivity index (χ0v) is 11.4. The summed E-state index contributed by atoms with van der Waals surface area (Å²) < 4.78 is 0. The van der Waals surface area contributed by atoms with Gasteiger partial charge in [-0.05, 0) is 24.5 Å². The highest BCUT2D eigenvalue weighted by Crippen LogP contribution is 2.30. The molecule has 1 aromatic rings. The van der Waals surface area contributed by atoms with Crippen LogP contribution in [0.1, 0.15) is 12.0 Å². The van der Waals surface area contributed by atoms with Gasteiger partial charge in [0.2, 0.25) is 0 Å². The van der Waals surface area contributed by atoms with Gasteiger partial charge in [0.1, 0.15) is 0 Å². The molecular formula is C14H17ClN2O2. The van der Waals surface area contributed by atoms with Crippen LogP contribution < -0.4 is 0 Å². The zero-order chi connectivity index (χ0) is 13.4. The second-order valence-electron chi connectivity index (χ2n) is 5.31. The fraction of sp³-hybridized carbons (Fsp3) is 0.500. The van der Waals surface area contributed by atoms with E-state index in [1.807, 2.05) is 18.2 Å². The third-order valence-electron chi connectivity index (χ3n) is 4.23. The maximum absolute atomic E-state index is 11.0. The summed E-state index contributed by atoms with van der Waals surface area (Å²) in [5, 5.41) is 9.87. The van der Waals surface area contributed by atoms with Gasteiger partial charge in [0.25, 0.3) is 0 Å². The average molecular weight is 281 g/mol. The Hall–Kier alpha value is -1.26. The lowest BCUT2D eigenvalue weighted by Gasteiger charge is -2.32. The summed E-state index contributed by atoms with van der Waals surface area (Å²) >= 11 is 6.15. The first-order valence-electron chi connectivity index (χ1n) is 6.62. The summed E-state index contributed by atoms with van der Waals surface area (Å²) in [6, 6.07) is 8.49. The van der Waals surface area contributed by atoms with Crippen LogP contribution in [-0.2, 0) is 6.42 Å². The van der Waals surface area contributed by atoms with Gasteiger partial charge in [-0.3, -0.25) is 4.90 Å². The maximum Gasteiger partial charge on any atom is 0.407 e. The van der Waals surface area contributed by atoms with E-state index in [0.29, 0.717) is 12.6 Å². The van der Waals surface area contributed by atoms with E-state index in [4.69, 9.17) is 16.7 Å². The van der Waals surface area contributed by atoms with E-state index < -0.39 is 6.09 Å². The average Bonchev–Trinajstić information content (AvgIpc) is 2.97. The van der Waals surface area contributed by atoms with Gasteiger partial charge in [-0.2, -0.15) is 0 Å². The topological polar surface area (TPSA) is 43.8 Å². The molecule has 2 bridgehead atoms. The number of halogens is 1.